The van der Waals surface area contributed by atoms with E-state index in [0.29, 0.717) is 0 Å². The summed E-state index contributed by atoms with van der Waals surface area (Å²) in [5, 5.41) is 10.5. The molecule has 0 saturated heterocycles. The van der Waals surface area contributed by atoms with Gasteiger partial charge in [-0.2, -0.15) is 0 Å². The van der Waals surface area contributed by atoms with Crippen LogP contribution in [0.1, 0.15) is 0 Å². The van der Waals surface area contributed by atoms with E-state index >= 15 is 0 Å². The second kappa shape index (κ2) is 3.33. The normalized spacial score (nSPS) is 9.64. The summed E-state index contributed by atoms with van der Waals surface area (Å²) >= 11 is 3.88. The van der Waals surface area contributed by atoms with Crippen LogP contribution in [0, 0.1) is 0 Å². The fraction of sp³-hybridized carbons (Fsp3) is 0.500. The largest absolute Gasteiger partial charge is 0.468 e. The Bertz CT molecular complexity index is 260. The van der Waals surface area contributed by atoms with E-state index in [9.17, 15) is 4.79 Å². The summed E-state index contributed by atoms with van der Waals surface area (Å²) in [6, 6.07) is 0. The maximum Gasteiger partial charge on any atom is 0.327 e. The predicted molar refractivity (Wildman–Crippen MR) is 37.1 cm³/mol. The van der Waals surface area contributed by atoms with Crippen molar-refractivity contribution in [2.45, 2.75) is 11.7 Å². The van der Waals surface area contributed by atoms with Gasteiger partial charge >= 0.3 is 5.97 Å². The van der Waals surface area contributed by atoms with Crippen LogP contribution < -0.4 is 0 Å². The van der Waals surface area contributed by atoms with E-state index in [0.717, 1.165) is 0 Å². The lowest BCUT2D eigenvalue weighted by molar-refractivity contribution is -0.141. The van der Waals surface area contributed by atoms with E-state index in [2.05, 4.69) is 32.9 Å². The Labute approximate surface area is 67.9 Å². The molecule has 0 unspecified atom stereocenters. The van der Waals surface area contributed by atoms with E-state index in [1.807, 2.05) is 0 Å². The van der Waals surface area contributed by atoms with Gasteiger partial charge in [0.2, 0.25) is 5.16 Å². The Kier molecular flexibility index (Phi) is 2.42. The average molecular weight is 174 g/mol. The van der Waals surface area contributed by atoms with Crippen molar-refractivity contribution in [2.75, 3.05) is 7.11 Å². The lowest BCUT2D eigenvalue weighted by Crippen LogP contribution is -2.13. The molecule has 0 bridgehead atoms. The number of aromatic nitrogens is 4. The predicted octanol–water partition coefficient (Wildman–Crippen LogP) is -0.865. The molecular formula is C4H6N4O2S. The first-order chi connectivity index (χ1) is 5.24. The number of ether oxygens (including phenoxy) is 1. The molecule has 0 N–H and O–H groups in total. The quantitative estimate of drug-likeness (QED) is 0.466. The first-order valence-corrected chi connectivity index (χ1v) is 3.20. The zero-order valence-corrected chi connectivity index (χ0v) is 6.65. The van der Waals surface area contributed by atoms with Crippen LogP contribution >= 0.6 is 12.6 Å². The minimum absolute atomic E-state index is 0.0116. The van der Waals surface area contributed by atoms with Crippen molar-refractivity contribution in [3.63, 3.8) is 0 Å². The zero-order valence-electron chi connectivity index (χ0n) is 5.76. The highest BCUT2D eigenvalue weighted by Gasteiger charge is 2.06. The van der Waals surface area contributed by atoms with Gasteiger partial charge in [0.1, 0.15) is 6.54 Å². The number of tetrazole rings is 1. The molecule has 0 atom stereocenters. The molecule has 0 aliphatic carbocycles. The van der Waals surface area contributed by atoms with E-state index in [1.165, 1.54) is 11.8 Å². The van der Waals surface area contributed by atoms with Crippen LogP contribution in [0.25, 0.3) is 0 Å². The van der Waals surface area contributed by atoms with Gasteiger partial charge in [-0.25, -0.2) is 4.68 Å². The number of rotatable bonds is 2. The maximum atomic E-state index is 10.7. The summed E-state index contributed by atoms with van der Waals surface area (Å²) in [5.41, 5.74) is 0. The Balaban J connectivity index is 2.64. The van der Waals surface area contributed by atoms with Gasteiger partial charge in [0.25, 0.3) is 0 Å². The van der Waals surface area contributed by atoms with Gasteiger partial charge < -0.3 is 4.74 Å². The van der Waals surface area contributed by atoms with E-state index < -0.39 is 5.97 Å². The van der Waals surface area contributed by atoms with Gasteiger partial charge in [0.05, 0.1) is 7.11 Å². The molecule has 0 spiro atoms. The van der Waals surface area contributed by atoms with Gasteiger partial charge in [0.15, 0.2) is 0 Å². The number of esters is 1. The number of carbonyl (C=O) groups excluding carboxylic acids is 1. The van der Waals surface area contributed by atoms with Gasteiger partial charge in [-0.3, -0.25) is 4.79 Å². The third kappa shape index (κ3) is 1.90. The van der Waals surface area contributed by atoms with Crippen LogP contribution in [0.5, 0.6) is 0 Å². The van der Waals surface area contributed by atoms with Crippen molar-refractivity contribution in [1.82, 2.24) is 20.2 Å². The lowest BCUT2D eigenvalue weighted by atomic mass is 10.7. The first kappa shape index (κ1) is 7.99. The van der Waals surface area contributed by atoms with Crippen molar-refractivity contribution >= 4 is 18.6 Å². The SMILES string of the molecule is COC(=O)Cn1nnnc1S. The molecule has 1 aromatic rings. The van der Waals surface area contributed by atoms with Gasteiger partial charge in [-0.05, 0) is 10.4 Å². The van der Waals surface area contributed by atoms with E-state index in [1.54, 1.807) is 0 Å². The molecule has 6 nitrogen and oxygen atoms in total. The molecule has 60 valence electrons. The van der Waals surface area contributed by atoms with Crippen LogP contribution in [-0.2, 0) is 16.1 Å². The van der Waals surface area contributed by atoms with Crippen LogP contribution in [0.2, 0.25) is 0 Å². The molecule has 1 rings (SSSR count). The Morgan fingerprint density at radius 1 is 1.82 bits per heavy atom. The number of nitrogens with zero attached hydrogens (tertiary/aromatic N) is 4. The number of hydrogen-bond acceptors (Lipinski definition) is 6. The third-order valence-electron chi connectivity index (χ3n) is 1.02. The number of thiol groups is 1. The fourth-order valence-corrected chi connectivity index (χ4v) is 0.640. The van der Waals surface area contributed by atoms with Crippen LogP contribution in [0.3, 0.4) is 0 Å². The minimum atomic E-state index is -0.410. The Morgan fingerprint density at radius 3 is 3.00 bits per heavy atom. The van der Waals surface area contributed by atoms with Crippen molar-refractivity contribution in [1.29, 1.82) is 0 Å². The first-order valence-electron chi connectivity index (χ1n) is 2.76. The van der Waals surface area contributed by atoms with Crippen LogP contribution in [-0.4, -0.2) is 33.3 Å². The molecule has 0 aliphatic heterocycles. The Hall–Kier alpha value is -1.11. The molecule has 1 aromatic heterocycles. The monoisotopic (exact) mass is 174 g/mol. The molecule has 0 aliphatic rings. The van der Waals surface area contributed by atoms with Crippen LogP contribution in [0.4, 0.5) is 0 Å². The number of hydrogen-bond donors (Lipinski definition) is 1. The summed E-state index contributed by atoms with van der Waals surface area (Å²) in [6.45, 7) is -0.0116. The molecular weight excluding hydrogens is 168 g/mol. The molecule has 0 radical (unpaired) electrons. The highest BCUT2D eigenvalue weighted by molar-refractivity contribution is 7.80. The maximum absolute atomic E-state index is 10.7. The molecule has 7 heteroatoms. The standard InChI is InChI=1S/C4H6N4O2S/c1-10-3(9)2-8-4(11)5-6-7-8/h2H2,1H3,(H,5,7,11). The van der Waals surface area contributed by atoms with E-state index in [4.69, 9.17) is 0 Å². The molecule has 1 heterocycles. The van der Waals surface area contributed by atoms with Gasteiger partial charge in [0, 0.05) is 0 Å². The van der Waals surface area contributed by atoms with Gasteiger partial charge in [-0.15, -0.1) is 17.7 Å². The van der Waals surface area contributed by atoms with Crippen molar-refractivity contribution in [3.8, 4) is 0 Å². The third-order valence-corrected chi connectivity index (χ3v) is 1.34. The fourth-order valence-electron chi connectivity index (χ4n) is 0.489. The second-order valence-electron chi connectivity index (χ2n) is 1.71. The average Bonchev–Trinajstić information content (AvgIpc) is 2.37. The highest BCUT2D eigenvalue weighted by atomic mass is 32.1. The number of methoxy groups -OCH3 is 1. The lowest BCUT2D eigenvalue weighted by Gasteiger charge is -1.97. The smallest absolute Gasteiger partial charge is 0.327 e. The van der Waals surface area contributed by atoms with E-state index in [-0.39, 0.29) is 11.7 Å². The minimum Gasteiger partial charge on any atom is -0.468 e. The summed E-state index contributed by atoms with van der Waals surface area (Å²) in [4.78, 5) is 10.7. The Morgan fingerprint density at radius 2 is 2.55 bits per heavy atom. The van der Waals surface area contributed by atoms with Gasteiger partial charge in [-0.1, -0.05) is 0 Å². The summed E-state index contributed by atoms with van der Waals surface area (Å²) in [6.07, 6.45) is 0. The highest BCUT2D eigenvalue weighted by Crippen LogP contribution is 1.96. The molecule has 0 amide bonds. The molecule has 0 aromatic carbocycles. The zero-order chi connectivity index (χ0) is 8.27. The second-order valence-corrected chi connectivity index (χ2v) is 2.11. The number of carbonyl (C=O) groups is 1. The van der Waals surface area contributed by atoms with Crippen LogP contribution in [0.15, 0.2) is 5.16 Å². The summed E-state index contributed by atoms with van der Waals surface area (Å²) in [5.74, 6) is -0.410. The van der Waals surface area contributed by atoms with Crippen molar-refractivity contribution in [3.05, 3.63) is 0 Å². The molecule has 11 heavy (non-hydrogen) atoms. The van der Waals surface area contributed by atoms with Crippen molar-refractivity contribution in [2.24, 2.45) is 0 Å². The topological polar surface area (TPSA) is 69.9 Å². The molecule has 0 fully saturated rings. The summed E-state index contributed by atoms with van der Waals surface area (Å²) < 4.78 is 5.62. The summed E-state index contributed by atoms with van der Waals surface area (Å²) in [7, 11) is 1.30. The van der Waals surface area contributed by atoms with Crippen molar-refractivity contribution < 1.29 is 9.53 Å². The molecule has 0 saturated carbocycles.